The molecule has 0 bridgehead atoms. The summed E-state index contributed by atoms with van der Waals surface area (Å²) in [5, 5.41) is 5.34. The number of likely N-dealkylation sites (tertiary alicyclic amines) is 2. The smallest absolute Gasteiger partial charge is 0.249 e. The van der Waals surface area contributed by atoms with E-state index in [2.05, 4.69) is 77.0 Å². The van der Waals surface area contributed by atoms with E-state index in [1.165, 1.54) is 43.5 Å². The average molecular weight is 674 g/mol. The second-order valence-corrected chi connectivity index (χ2v) is 14.8. The van der Waals surface area contributed by atoms with Crippen molar-refractivity contribution in [2.45, 2.75) is 139 Å². The van der Waals surface area contributed by atoms with E-state index in [0.717, 1.165) is 31.2 Å². The maximum Gasteiger partial charge on any atom is 0.249 e. The molecule has 2 aliphatic heterocycles. The van der Waals surface area contributed by atoms with Gasteiger partial charge in [-0.2, -0.15) is 0 Å². The van der Waals surface area contributed by atoms with Crippen LogP contribution >= 0.6 is 0 Å². The molecule has 2 atom stereocenters. The molecule has 0 saturated carbocycles. The molecule has 0 radical (unpaired) electrons. The predicted molar refractivity (Wildman–Crippen MR) is 200 cm³/mol. The standard InChI is InChI=1S/C27H44N4O4.C8H17N.C4H10/c1-19(2)10-8-11-21(5)13-14-29-26(34)23-12-9-15-31(23)27(35)22(6)16-24(20(3)4)30(7)25(33)17-28-18-32;1-8(2)9-6-4-3-5-7-9;1-4(2)3/h10,13,16,18,20,23-24H,8-9,11-12,14-15,17H2,1-7H3,(H,28,32)(H,29,34);8H,3-7H2,1-2H3;4H,1-3H3/b21-13+,22-16+;;/t23-,24+;;/m0../s1. The molecule has 2 fully saturated rings. The molecule has 0 aromatic rings. The maximum atomic E-state index is 13.2. The second kappa shape index (κ2) is 25.1. The van der Waals surface area contributed by atoms with Gasteiger partial charge in [0.15, 0.2) is 0 Å². The van der Waals surface area contributed by atoms with Gasteiger partial charge in [0.1, 0.15) is 6.04 Å². The zero-order valence-electron chi connectivity index (χ0n) is 32.7. The highest BCUT2D eigenvalue weighted by molar-refractivity contribution is 5.97. The summed E-state index contributed by atoms with van der Waals surface area (Å²) in [5.74, 6) is 0.334. The highest BCUT2D eigenvalue weighted by Crippen LogP contribution is 2.22. The molecule has 2 saturated heterocycles. The summed E-state index contributed by atoms with van der Waals surface area (Å²) in [6, 6.07) is -0.0292. The van der Waals surface area contributed by atoms with Crippen molar-refractivity contribution >= 4 is 24.1 Å². The van der Waals surface area contributed by atoms with Crippen LogP contribution in [-0.4, -0.2) is 96.7 Å². The van der Waals surface area contributed by atoms with Gasteiger partial charge in [-0.05, 0) is 105 Å². The highest BCUT2D eigenvalue weighted by atomic mass is 16.2. The van der Waals surface area contributed by atoms with Crippen LogP contribution in [0.2, 0.25) is 0 Å². The molecule has 9 heteroatoms. The van der Waals surface area contributed by atoms with E-state index in [1.807, 2.05) is 19.9 Å². The summed E-state index contributed by atoms with van der Waals surface area (Å²) in [4.78, 5) is 54.7. The zero-order chi connectivity index (χ0) is 36.8. The van der Waals surface area contributed by atoms with Crippen LogP contribution in [0.3, 0.4) is 0 Å². The molecule has 0 aromatic heterocycles. The number of hydrogen-bond acceptors (Lipinski definition) is 5. The molecule has 48 heavy (non-hydrogen) atoms. The third kappa shape index (κ3) is 19.2. The lowest BCUT2D eigenvalue weighted by atomic mass is 9.99. The molecule has 0 aliphatic carbocycles. The highest BCUT2D eigenvalue weighted by Gasteiger charge is 2.34. The number of nitrogens with one attached hydrogen (secondary N) is 2. The van der Waals surface area contributed by atoms with E-state index < -0.39 is 6.04 Å². The van der Waals surface area contributed by atoms with E-state index in [4.69, 9.17) is 0 Å². The Labute approximate surface area is 294 Å². The first kappa shape index (κ1) is 45.1. The minimum Gasteiger partial charge on any atom is -0.351 e. The molecule has 2 rings (SSSR count). The predicted octanol–water partition coefficient (Wildman–Crippen LogP) is 6.50. The first-order chi connectivity index (χ1) is 22.5. The zero-order valence-corrected chi connectivity index (χ0v) is 32.7. The number of likely N-dealkylation sites (N-methyl/N-ethyl adjacent to an activating group) is 1. The Kier molecular flexibility index (Phi) is 23.6. The Morgan fingerprint density at radius 3 is 1.98 bits per heavy atom. The van der Waals surface area contributed by atoms with Gasteiger partial charge in [0.2, 0.25) is 24.1 Å². The summed E-state index contributed by atoms with van der Waals surface area (Å²) < 4.78 is 0. The van der Waals surface area contributed by atoms with Crippen molar-refractivity contribution in [3.05, 3.63) is 34.9 Å². The average Bonchev–Trinajstić information content (AvgIpc) is 3.52. The summed E-state index contributed by atoms with van der Waals surface area (Å²) in [6.45, 7) is 26.5. The van der Waals surface area contributed by atoms with Crippen molar-refractivity contribution in [1.82, 2.24) is 25.3 Å². The maximum absolute atomic E-state index is 13.2. The SMILES string of the molecule is CC(C)=CCC/C(C)=C/CNC(=O)[C@@H]1CCCN1C(=O)/C(C)=C/[C@H](C(C)C)N(C)C(=O)CNC=O.CC(C)C.CC(C)N1CCCCC1. The van der Waals surface area contributed by atoms with Gasteiger partial charge in [-0.25, -0.2) is 0 Å². The van der Waals surface area contributed by atoms with E-state index in [-0.39, 0.29) is 36.2 Å². The second-order valence-electron chi connectivity index (χ2n) is 14.8. The number of piperidine rings is 1. The summed E-state index contributed by atoms with van der Waals surface area (Å²) in [5.41, 5.74) is 3.03. The normalized spacial score (nSPS) is 17.6. The number of rotatable bonds is 14. The third-order valence-electron chi connectivity index (χ3n) is 8.37. The topological polar surface area (TPSA) is 102 Å². The van der Waals surface area contributed by atoms with Crippen molar-refractivity contribution in [2.75, 3.05) is 39.8 Å². The molecule has 9 nitrogen and oxygen atoms in total. The van der Waals surface area contributed by atoms with Gasteiger partial charge in [-0.15, -0.1) is 0 Å². The molecule has 2 aliphatic rings. The number of carbonyl (C=O) groups excluding carboxylic acids is 4. The van der Waals surface area contributed by atoms with Crippen LogP contribution in [0.5, 0.6) is 0 Å². The lowest BCUT2D eigenvalue weighted by Gasteiger charge is -2.30. The van der Waals surface area contributed by atoms with Crippen molar-refractivity contribution < 1.29 is 19.2 Å². The van der Waals surface area contributed by atoms with Crippen LogP contribution in [-0.2, 0) is 19.2 Å². The molecule has 0 unspecified atom stereocenters. The fourth-order valence-electron chi connectivity index (χ4n) is 5.58. The van der Waals surface area contributed by atoms with Crippen molar-refractivity contribution in [1.29, 1.82) is 0 Å². The fourth-order valence-corrected chi connectivity index (χ4v) is 5.58. The Morgan fingerprint density at radius 1 is 0.875 bits per heavy atom. The van der Waals surface area contributed by atoms with Crippen molar-refractivity contribution in [3.63, 3.8) is 0 Å². The first-order valence-corrected chi connectivity index (χ1v) is 18.3. The number of carbonyl (C=O) groups is 4. The van der Waals surface area contributed by atoms with Crippen LogP contribution in [0.4, 0.5) is 0 Å². The minimum absolute atomic E-state index is 0.0624. The molecular weight excluding hydrogens is 602 g/mol. The van der Waals surface area contributed by atoms with Gasteiger partial charge < -0.3 is 25.3 Å². The molecule has 2 heterocycles. The molecule has 4 amide bonds. The van der Waals surface area contributed by atoms with E-state index in [0.29, 0.717) is 31.5 Å². The summed E-state index contributed by atoms with van der Waals surface area (Å²) in [7, 11) is 1.66. The largest absolute Gasteiger partial charge is 0.351 e. The Hall–Kier alpha value is -2.94. The molecular formula is C39H71N5O4. The molecule has 0 aromatic carbocycles. The number of hydrogen-bond donors (Lipinski definition) is 2. The van der Waals surface area contributed by atoms with E-state index in [1.54, 1.807) is 29.8 Å². The van der Waals surface area contributed by atoms with Crippen molar-refractivity contribution in [3.8, 4) is 0 Å². The van der Waals surface area contributed by atoms with Crippen LogP contribution in [0.25, 0.3) is 0 Å². The molecule has 0 spiro atoms. The fraction of sp³-hybridized carbons (Fsp3) is 0.744. The first-order valence-electron chi connectivity index (χ1n) is 18.3. The quantitative estimate of drug-likeness (QED) is 0.125. The Bertz CT molecular complexity index is 1050. The molecule has 276 valence electrons. The lowest BCUT2D eigenvalue weighted by Crippen LogP contribution is -2.47. The number of amides is 4. The van der Waals surface area contributed by atoms with Crippen LogP contribution < -0.4 is 10.6 Å². The monoisotopic (exact) mass is 674 g/mol. The Balaban J connectivity index is 0.00000141. The summed E-state index contributed by atoms with van der Waals surface area (Å²) >= 11 is 0. The lowest BCUT2D eigenvalue weighted by molar-refractivity contribution is -0.135. The Morgan fingerprint density at radius 2 is 1.48 bits per heavy atom. The third-order valence-corrected chi connectivity index (χ3v) is 8.37. The van der Waals surface area contributed by atoms with Crippen LogP contribution in [0, 0.1) is 11.8 Å². The number of nitrogens with zero attached hydrogens (tertiary/aromatic N) is 3. The van der Waals surface area contributed by atoms with Gasteiger partial charge in [0.05, 0.1) is 12.6 Å². The van der Waals surface area contributed by atoms with Crippen LogP contribution in [0.15, 0.2) is 34.9 Å². The molecule has 2 N–H and O–H groups in total. The van der Waals surface area contributed by atoms with Crippen molar-refractivity contribution in [2.24, 2.45) is 11.8 Å². The van der Waals surface area contributed by atoms with Crippen LogP contribution in [0.1, 0.15) is 121 Å². The van der Waals surface area contributed by atoms with Gasteiger partial charge in [0.25, 0.3) is 0 Å². The number of allylic oxidation sites excluding steroid dienone is 3. The van der Waals surface area contributed by atoms with Gasteiger partial charge >= 0.3 is 0 Å². The minimum atomic E-state index is -0.487. The van der Waals surface area contributed by atoms with Gasteiger partial charge in [0, 0.05) is 31.8 Å². The van der Waals surface area contributed by atoms with Gasteiger partial charge in [-0.1, -0.05) is 70.4 Å². The summed E-state index contributed by atoms with van der Waals surface area (Å²) in [6.07, 6.45) is 14.1. The van der Waals surface area contributed by atoms with Gasteiger partial charge in [-0.3, -0.25) is 19.2 Å². The van der Waals surface area contributed by atoms with E-state index >= 15 is 0 Å². The van der Waals surface area contributed by atoms with E-state index in [9.17, 15) is 19.2 Å².